The van der Waals surface area contributed by atoms with Gasteiger partial charge < -0.3 is 20.1 Å². The molecule has 0 saturated heterocycles. The average Bonchev–Trinajstić information content (AvgIpc) is 2.99. The van der Waals surface area contributed by atoms with E-state index in [9.17, 15) is 4.79 Å². The third-order valence-electron chi connectivity index (χ3n) is 3.80. The minimum absolute atomic E-state index is 0.0185. The van der Waals surface area contributed by atoms with Crippen molar-refractivity contribution in [2.24, 2.45) is 0 Å². The number of methoxy groups -OCH3 is 1. The fraction of sp³-hybridized carbons (Fsp3) is 0.588. The quantitative estimate of drug-likeness (QED) is 0.814. The molecule has 1 atom stereocenters. The summed E-state index contributed by atoms with van der Waals surface area (Å²) in [7, 11) is 1.62. The molecule has 1 aromatic rings. The molecule has 0 aromatic heterocycles. The van der Waals surface area contributed by atoms with Gasteiger partial charge in [0, 0.05) is 19.2 Å². The molecule has 2 N–H and O–H groups in total. The van der Waals surface area contributed by atoms with E-state index in [2.05, 4.69) is 10.6 Å². The molecule has 0 aliphatic heterocycles. The molecule has 0 heterocycles. The predicted molar refractivity (Wildman–Crippen MR) is 86.0 cm³/mol. The third kappa shape index (κ3) is 5.22. The number of ether oxygens (including phenoxy) is 2. The number of carbonyl (C=O) groups is 1. The van der Waals surface area contributed by atoms with Gasteiger partial charge in [0.15, 0.2) is 0 Å². The number of carbonyl (C=O) groups excluding carboxylic acids is 1. The monoisotopic (exact) mass is 306 g/mol. The highest BCUT2D eigenvalue weighted by Gasteiger charge is 2.18. The van der Waals surface area contributed by atoms with Crippen LogP contribution < -0.4 is 15.4 Å². The largest absolute Gasteiger partial charge is 0.490 e. The number of para-hydroxylation sites is 1. The first-order valence-corrected chi connectivity index (χ1v) is 7.97. The molecular formula is C17H26N2O3. The Morgan fingerprint density at radius 1 is 1.32 bits per heavy atom. The number of hydrogen-bond acceptors (Lipinski definition) is 3. The van der Waals surface area contributed by atoms with E-state index in [-0.39, 0.29) is 12.1 Å². The van der Waals surface area contributed by atoms with Gasteiger partial charge in [-0.2, -0.15) is 0 Å². The van der Waals surface area contributed by atoms with Crippen molar-refractivity contribution in [2.45, 2.75) is 51.3 Å². The van der Waals surface area contributed by atoms with Crippen LogP contribution in [0.25, 0.3) is 0 Å². The van der Waals surface area contributed by atoms with Crippen LogP contribution in [0.15, 0.2) is 24.3 Å². The second-order valence-corrected chi connectivity index (χ2v) is 5.82. The molecule has 1 aromatic carbocycles. The van der Waals surface area contributed by atoms with Gasteiger partial charge in [0.25, 0.3) is 0 Å². The lowest BCUT2D eigenvalue weighted by molar-refractivity contribution is 0.170. The van der Waals surface area contributed by atoms with Crippen molar-refractivity contribution in [3.8, 4) is 5.75 Å². The minimum atomic E-state index is -0.194. The van der Waals surface area contributed by atoms with Gasteiger partial charge >= 0.3 is 6.03 Å². The molecule has 1 saturated carbocycles. The molecule has 1 unspecified atom stereocenters. The zero-order valence-electron chi connectivity index (χ0n) is 13.4. The summed E-state index contributed by atoms with van der Waals surface area (Å²) in [6, 6.07) is 7.68. The Labute approximate surface area is 132 Å². The van der Waals surface area contributed by atoms with E-state index in [1.807, 2.05) is 31.2 Å². The Kier molecular flexibility index (Phi) is 6.52. The maximum atomic E-state index is 11.8. The molecule has 5 heteroatoms. The van der Waals surface area contributed by atoms with E-state index in [1.54, 1.807) is 7.11 Å². The van der Waals surface area contributed by atoms with Gasteiger partial charge in [0.05, 0.1) is 18.8 Å². The molecule has 0 bridgehead atoms. The number of urea groups is 1. The fourth-order valence-electron chi connectivity index (χ4n) is 2.69. The van der Waals surface area contributed by atoms with Crippen LogP contribution in [-0.4, -0.2) is 31.9 Å². The van der Waals surface area contributed by atoms with Crippen molar-refractivity contribution in [3.63, 3.8) is 0 Å². The molecule has 1 aliphatic rings. The van der Waals surface area contributed by atoms with Gasteiger partial charge in [-0.25, -0.2) is 4.79 Å². The van der Waals surface area contributed by atoms with Crippen molar-refractivity contribution >= 4 is 6.03 Å². The molecule has 22 heavy (non-hydrogen) atoms. The van der Waals surface area contributed by atoms with Gasteiger partial charge in [0.2, 0.25) is 0 Å². The lowest BCUT2D eigenvalue weighted by Gasteiger charge is -2.17. The molecule has 2 amide bonds. The summed E-state index contributed by atoms with van der Waals surface area (Å²) in [5.41, 5.74) is 1.00. The van der Waals surface area contributed by atoms with Gasteiger partial charge in [-0.05, 0) is 38.7 Å². The summed E-state index contributed by atoms with van der Waals surface area (Å²) >= 11 is 0. The Morgan fingerprint density at radius 3 is 2.77 bits per heavy atom. The lowest BCUT2D eigenvalue weighted by Crippen LogP contribution is -2.42. The standard InChI is InChI=1S/C17H26N2O3/c1-13(12-21-2)19-17(20)18-11-14-7-3-6-10-16(14)22-15-8-4-5-9-15/h3,6-7,10,13,15H,4-5,8-9,11-12H2,1-2H3,(H2,18,19,20). The zero-order chi connectivity index (χ0) is 15.8. The first-order valence-electron chi connectivity index (χ1n) is 7.97. The van der Waals surface area contributed by atoms with Crippen LogP contribution in [0.1, 0.15) is 38.2 Å². The van der Waals surface area contributed by atoms with Crippen molar-refractivity contribution in [1.82, 2.24) is 10.6 Å². The average molecular weight is 306 g/mol. The highest BCUT2D eigenvalue weighted by molar-refractivity contribution is 5.74. The highest BCUT2D eigenvalue weighted by atomic mass is 16.5. The van der Waals surface area contributed by atoms with E-state index >= 15 is 0 Å². The van der Waals surface area contributed by atoms with Gasteiger partial charge in [-0.1, -0.05) is 18.2 Å². The molecule has 2 rings (SSSR count). The van der Waals surface area contributed by atoms with Crippen molar-refractivity contribution in [1.29, 1.82) is 0 Å². The van der Waals surface area contributed by atoms with E-state index in [0.717, 1.165) is 24.2 Å². The number of benzene rings is 1. The van der Waals surface area contributed by atoms with Gasteiger partial charge in [0.1, 0.15) is 5.75 Å². The molecular weight excluding hydrogens is 280 g/mol. The Morgan fingerprint density at radius 2 is 2.05 bits per heavy atom. The Hall–Kier alpha value is -1.75. The van der Waals surface area contributed by atoms with Gasteiger partial charge in [-0.3, -0.25) is 0 Å². The minimum Gasteiger partial charge on any atom is -0.490 e. The van der Waals surface area contributed by atoms with Crippen LogP contribution in [0.3, 0.4) is 0 Å². The first-order chi connectivity index (χ1) is 10.7. The topological polar surface area (TPSA) is 59.6 Å². The number of amides is 2. The predicted octanol–water partition coefficient (Wildman–Crippen LogP) is 2.84. The van der Waals surface area contributed by atoms with Crippen LogP contribution in [-0.2, 0) is 11.3 Å². The van der Waals surface area contributed by atoms with E-state index in [1.165, 1.54) is 12.8 Å². The SMILES string of the molecule is COCC(C)NC(=O)NCc1ccccc1OC1CCCC1. The smallest absolute Gasteiger partial charge is 0.315 e. The Balaban J connectivity index is 1.85. The van der Waals surface area contributed by atoms with E-state index in [4.69, 9.17) is 9.47 Å². The van der Waals surface area contributed by atoms with Crippen molar-refractivity contribution in [2.75, 3.05) is 13.7 Å². The van der Waals surface area contributed by atoms with Crippen LogP contribution in [0.5, 0.6) is 5.75 Å². The summed E-state index contributed by atoms with van der Waals surface area (Å²) in [6.07, 6.45) is 5.04. The van der Waals surface area contributed by atoms with Crippen LogP contribution in [0.4, 0.5) is 4.79 Å². The molecule has 0 spiro atoms. The first kappa shape index (κ1) is 16.6. The number of hydrogen-bond donors (Lipinski definition) is 2. The van der Waals surface area contributed by atoms with E-state index < -0.39 is 0 Å². The zero-order valence-corrected chi connectivity index (χ0v) is 13.4. The number of nitrogens with one attached hydrogen (secondary N) is 2. The summed E-state index contributed by atoms with van der Waals surface area (Å²) in [5.74, 6) is 0.875. The summed E-state index contributed by atoms with van der Waals surface area (Å²) in [4.78, 5) is 11.8. The van der Waals surface area contributed by atoms with E-state index in [0.29, 0.717) is 19.3 Å². The van der Waals surface area contributed by atoms with Crippen LogP contribution >= 0.6 is 0 Å². The Bertz CT molecular complexity index is 473. The molecule has 5 nitrogen and oxygen atoms in total. The second kappa shape index (κ2) is 8.63. The van der Waals surface area contributed by atoms with Crippen LogP contribution in [0, 0.1) is 0 Å². The second-order valence-electron chi connectivity index (χ2n) is 5.82. The highest BCUT2D eigenvalue weighted by Crippen LogP contribution is 2.26. The summed E-state index contributed by atoms with van der Waals surface area (Å²) in [6.45, 7) is 2.85. The maximum Gasteiger partial charge on any atom is 0.315 e. The van der Waals surface area contributed by atoms with Gasteiger partial charge in [-0.15, -0.1) is 0 Å². The lowest BCUT2D eigenvalue weighted by atomic mass is 10.2. The van der Waals surface area contributed by atoms with Crippen molar-refractivity contribution in [3.05, 3.63) is 29.8 Å². The van der Waals surface area contributed by atoms with Crippen molar-refractivity contribution < 1.29 is 14.3 Å². The third-order valence-corrected chi connectivity index (χ3v) is 3.80. The fourth-order valence-corrected chi connectivity index (χ4v) is 2.69. The molecule has 1 aliphatic carbocycles. The summed E-state index contributed by atoms with van der Waals surface area (Å²) in [5, 5.41) is 5.70. The maximum absolute atomic E-state index is 11.8. The summed E-state index contributed by atoms with van der Waals surface area (Å²) < 4.78 is 11.1. The normalized spacial score (nSPS) is 16.3. The molecule has 122 valence electrons. The van der Waals surface area contributed by atoms with Crippen LogP contribution in [0.2, 0.25) is 0 Å². The molecule has 1 fully saturated rings. The molecule has 0 radical (unpaired) electrons. The number of rotatable bonds is 7.